The molecule has 4 heteroatoms. The summed E-state index contributed by atoms with van der Waals surface area (Å²) in [5.41, 5.74) is 3.60. The minimum absolute atomic E-state index is 0.0383. The quantitative estimate of drug-likeness (QED) is 0.763. The Bertz CT molecular complexity index is 463. The summed E-state index contributed by atoms with van der Waals surface area (Å²) in [4.78, 5) is 0. The van der Waals surface area contributed by atoms with Crippen LogP contribution in [0, 0.1) is 10.8 Å². The van der Waals surface area contributed by atoms with E-state index in [1.807, 2.05) is 12.1 Å². The van der Waals surface area contributed by atoms with Crippen molar-refractivity contribution in [2.45, 2.75) is 39.5 Å². The van der Waals surface area contributed by atoms with Crippen LogP contribution in [0.3, 0.4) is 0 Å². The first kappa shape index (κ1) is 12.8. The van der Waals surface area contributed by atoms with Gasteiger partial charge in [-0.1, -0.05) is 38.8 Å². The van der Waals surface area contributed by atoms with Crippen molar-refractivity contribution in [1.29, 1.82) is 10.8 Å². The van der Waals surface area contributed by atoms with Gasteiger partial charge < -0.3 is 0 Å². The molecule has 0 saturated carbocycles. The standard InChI is InChI=1S/C14H19N3O/c1-3-5-9-7-8-10(6-4-2)12-11(9)13(15)17(18)14(12)16/h7-8,15-16,18H,3-6H2,1-2H3. The van der Waals surface area contributed by atoms with Crippen molar-refractivity contribution in [3.05, 3.63) is 34.4 Å². The number of rotatable bonds is 4. The predicted octanol–water partition coefficient (Wildman–Crippen LogP) is 2.95. The van der Waals surface area contributed by atoms with Gasteiger partial charge in [0.05, 0.1) is 0 Å². The van der Waals surface area contributed by atoms with Gasteiger partial charge in [-0.25, -0.2) is 0 Å². The Morgan fingerprint density at radius 2 is 1.33 bits per heavy atom. The van der Waals surface area contributed by atoms with Gasteiger partial charge in [0.25, 0.3) is 0 Å². The van der Waals surface area contributed by atoms with Crippen molar-refractivity contribution >= 4 is 11.7 Å². The summed E-state index contributed by atoms with van der Waals surface area (Å²) in [7, 11) is 0. The highest BCUT2D eigenvalue weighted by Gasteiger charge is 2.32. The van der Waals surface area contributed by atoms with Crippen LogP contribution in [0.1, 0.15) is 48.9 Å². The van der Waals surface area contributed by atoms with Crippen LogP contribution in [-0.2, 0) is 12.8 Å². The van der Waals surface area contributed by atoms with E-state index in [1.165, 1.54) is 0 Å². The van der Waals surface area contributed by atoms with Gasteiger partial charge in [-0.2, -0.15) is 5.06 Å². The lowest BCUT2D eigenvalue weighted by Crippen LogP contribution is -2.25. The molecule has 1 aliphatic rings. The first-order chi connectivity index (χ1) is 8.61. The van der Waals surface area contributed by atoms with E-state index in [0.29, 0.717) is 5.06 Å². The van der Waals surface area contributed by atoms with Crippen LogP contribution < -0.4 is 0 Å². The zero-order chi connectivity index (χ0) is 13.3. The van der Waals surface area contributed by atoms with Crippen molar-refractivity contribution in [1.82, 2.24) is 5.06 Å². The van der Waals surface area contributed by atoms with Crippen LogP contribution in [0.25, 0.3) is 0 Å². The van der Waals surface area contributed by atoms with E-state index in [1.54, 1.807) is 0 Å². The lowest BCUT2D eigenvalue weighted by atomic mass is 9.93. The highest BCUT2D eigenvalue weighted by atomic mass is 16.5. The first-order valence-electron chi connectivity index (χ1n) is 6.43. The van der Waals surface area contributed by atoms with Crippen LogP contribution in [-0.4, -0.2) is 21.9 Å². The van der Waals surface area contributed by atoms with Crippen molar-refractivity contribution in [3.8, 4) is 0 Å². The molecule has 0 bridgehead atoms. The topological polar surface area (TPSA) is 71.2 Å². The van der Waals surface area contributed by atoms with E-state index in [9.17, 15) is 5.21 Å². The number of benzene rings is 1. The molecule has 0 atom stereocenters. The van der Waals surface area contributed by atoms with E-state index >= 15 is 0 Å². The number of hydroxylamine groups is 2. The third-order valence-electron chi connectivity index (χ3n) is 3.31. The summed E-state index contributed by atoms with van der Waals surface area (Å²) in [5, 5.41) is 26.3. The highest BCUT2D eigenvalue weighted by molar-refractivity contribution is 6.23. The summed E-state index contributed by atoms with van der Waals surface area (Å²) in [6.45, 7) is 4.18. The number of hydrogen-bond acceptors (Lipinski definition) is 3. The zero-order valence-corrected chi connectivity index (χ0v) is 10.9. The van der Waals surface area contributed by atoms with Crippen molar-refractivity contribution in [2.24, 2.45) is 0 Å². The largest absolute Gasteiger partial charge is 0.282 e. The maximum Gasteiger partial charge on any atom is 0.160 e. The number of amidine groups is 2. The molecule has 18 heavy (non-hydrogen) atoms. The Kier molecular flexibility index (Phi) is 3.48. The van der Waals surface area contributed by atoms with Crippen molar-refractivity contribution < 1.29 is 5.21 Å². The molecule has 0 radical (unpaired) electrons. The van der Waals surface area contributed by atoms with Gasteiger partial charge in [-0.15, -0.1) is 0 Å². The SMILES string of the molecule is CCCc1ccc(CCC)c2c1C(=N)N(O)C2=N. The van der Waals surface area contributed by atoms with Crippen molar-refractivity contribution in [2.75, 3.05) is 0 Å². The van der Waals surface area contributed by atoms with E-state index in [2.05, 4.69) is 13.8 Å². The number of fused-ring (bicyclic) bond motifs is 1. The summed E-state index contributed by atoms with van der Waals surface area (Å²) >= 11 is 0. The molecule has 0 unspecified atom stereocenters. The predicted molar refractivity (Wildman–Crippen MR) is 71.7 cm³/mol. The third-order valence-corrected chi connectivity index (χ3v) is 3.31. The molecule has 0 amide bonds. The van der Waals surface area contributed by atoms with E-state index in [0.717, 1.165) is 47.9 Å². The summed E-state index contributed by atoms with van der Waals surface area (Å²) in [6, 6.07) is 4.07. The molecular weight excluding hydrogens is 226 g/mol. The van der Waals surface area contributed by atoms with Crippen LogP contribution in [0.15, 0.2) is 12.1 Å². The second kappa shape index (κ2) is 4.90. The van der Waals surface area contributed by atoms with Crippen LogP contribution >= 0.6 is 0 Å². The Morgan fingerprint density at radius 1 is 0.944 bits per heavy atom. The Balaban J connectivity index is 2.61. The third kappa shape index (κ3) is 1.82. The van der Waals surface area contributed by atoms with Gasteiger partial charge in [0, 0.05) is 11.1 Å². The minimum Gasteiger partial charge on any atom is -0.282 e. The molecule has 0 aliphatic carbocycles. The van der Waals surface area contributed by atoms with Gasteiger partial charge in [-0.05, 0) is 24.0 Å². The van der Waals surface area contributed by atoms with E-state index in [-0.39, 0.29) is 11.7 Å². The smallest absolute Gasteiger partial charge is 0.160 e. The lowest BCUT2D eigenvalue weighted by molar-refractivity contribution is 0.0658. The second-order valence-corrected chi connectivity index (χ2v) is 4.64. The van der Waals surface area contributed by atoms with E-state index in [4.69, 9.17) is 10.8 Å². The zero-order valence-electron chi connectivity index (χ0n) is 10.9. The molecule has 2 rings (SSSR count). The van der Waals surface area contributed by atoms with Crippen molar-refractivity contribution in [3.63, 3.8) is 0 Å². The molecule has 1 heterocycles. The number of aryl methyl sites for hydroxylation is 2. The Labute approximate surface area is 107 Å². The molecule has 0 fully saturated rings. The summed E-state index contributed by atoms with van der Waals surface area (Å²) < 4.78 is 0. The van der Waals surface area contributed by atoms with E-state index < -0.39 is 0 Å². The fourth-order valence-electron chi connectivity index (χ4n) is 2.51. The fourth-order valence-corrected chi connectivity index (χ4v) is 2.51. The molecule has 0 spiro atoms. The van der Waals surface area contributed by atoms with Crippen LogP contribution in [0.5, 0.6) is 0 Å². The molecule has 1 aliphatic heterocycles. The molecule has 0 aromatic heterocycles. The average molecular weight is 245 g/mol. The molecule has 1 aromatic rings. The molecule has 1 aromatic carbocycles. The first-order valence-corrected chi connectivity index (χ1v) is 6.43. The minimum atomic E-state index is 0.0383. The van der Waals surface area contributed by atoms with Crippen LogP contribution in [0.4, 0.5) is 0 Å². The Morgan fingerprint density at radius 3 is 1.67 bits per heavy atom. The molecule has 96 valence electrons. The lowest BCUT2D eigenvalue weighted by Gasteiger charge is -2.10. The summed E-state index contributed by atoms with van der Waals surface area (Å²) in [6.07, 6.45) is 3.73. The maximum absolute atomic E-state index is 9.76. The molecular formula is C14H19N3O. The maximum atomic E-state index is 9.76. The van der Waals surface area contributed by atoms with Gasteiger partial charge in [-0.3, -0.25) is 16.0 Å². The average Bonchev–Trinajstić information content (AvgIpc) is 2.59. The number of nitrogens with one attached hydrogen (secondary N) is 2. The number of hydrogen-bond donors (Lipinski definition) is 3. The second-order valence-electron chi connectivity index (χ2n) is 4.64. The van der Waals surface area contributed by atoms with Crippen LogP contribution in [0.2, 0.25) is 0 Å². The normalized spacial score (nSPS) is 14.3. The van der Waals surface area contributed by atoms with Gasteiger partial charge in [0.2, 0.25) is 0 Å². The van der Waals surface area contributed by atoms with Gasteiger partial charge in [0.1, 0.15) is 0 Å². The Hall–Kier alpha value is -1.68. The summed E-state index contributed by atoms with van der Waals surface area (Å²) in [5.74, 6) is 0.0767. The fraction of sp³-hybridized carbons (Fsp3) is 0.429. The molecule has 3 N–H and O–H groups in total. The monoisotopic (exact) mass is 245 g/mol. The molecule has 4 nitrogen and oxygen atoms in total. The molecule has 0 saturated heterocycles. The van der Waals surface area contributed by atoms with Gasteiger partial charge >= 0.3 is 0 Å². The highest BCUT2D eigenvalue weighted by Crippen LogP contribution is 2.29. The van der Waals surface area contributed by atoms with Gasteiger partial charge in [0.15, 0.2) is 11.7 Å². The number of nitrogens with zero attached hydrogens (tertiary/aromatic N) is 1.